The van der Waals surface area contributed by atoms with Crippen LogP contribution in [0.3, 0.4) is 0 Å². The molecule has 0 aliphatic rings. The number of nitrogens with two attached hydrogens (primary N) is 1. The van der Waals surface area contributed by atoms with Crippen molar-refractivity contribution in [3.63, 3.8) is 0 Å². The Labute approximate surface area is 114 Å². The lowest BCUT2D eigenvalue weighted by atomic mass is 10.1. The van der Waals surface area contributed by atoms with Crippen molar-refractivity contribution in [2.75, 3.05) is 12.3 Å². The SMILES string of the molecule is CC(C)N(Cc1cccc([N+](=O)[O-])c1N)CC(F)(F)F. The van der Waals surface area contributed by atoms with Crippen LogP contribution in [0, 0.1) is 10.1 Å². The van der Waals surface area contributed by atoms with E-state index < -0.39 is 17.6 Å². The Morgan fingerprint density at radius 1 is 1.40 bits per heavy atom. The number of benzene rings is 1. The molecule has 20 heavy (non-hydrogen) atoms. The highest BCUT2D eigenvalue weighted by Gasteiger charge is 2.32. The average Bonchev–Trinajstić information content (AvgIpc) is 2.28. The van der Waals surface area contributed by atoms with Crippen LogP contribution < -0.4 is 5.73 Å². The predicted molar refractivity (Wildman–Crippen MR) is 69.1 cm³/mol. The van der Waals surface area contributed by atoms with Crippen LogP contribution in [0.5, 0.6) is 0 Å². The van der Waals surface area contributed by atoms with Gasteiger partial charge in [-0.1, -0.05) is 12.1 Å². The highest BCUT2D eigenvalue weighted by molar-refractivity contribution is 5.62. The van der Waals surface area contributed by atoms with Gasteiger partial charge in [0.15, 0.2) is 0 Å². The maximum Gasteiger partial charge on any atom is 0.401 e. The van der Waals surface area contributed by atoms with E-state index in [4.69, 9.17) is 5.73 Å². The first kappa shape index (κ1) is 16.2. The molecule has 0 aliphatic carbocycles. The van der Waals surface area contributed by atoms with E-state index in [0.717, 1.165) is 4.90 Å². The van der Waals surface area contributed by atoms with E-state index in [1.54, 1.807) is 13.8 Å². The van der Waals surface area contributed by atoms with Crippen LogP contribution >= 0.6 is 0 Å². The van der Waals surface area contributed by atoms with Crippen molar-refractivity contribution in [1.29, 1.82) is 0 Å². The number of hydrogen-bond acceptors (Lipinski definition) is 4. The molecule has 0 spiro atoms. The van der Waals surface area contributed by atoms with Gasteiger partial charge in [-0.05, 0) is 19.4 Å². The van der Waals surface area contributed by atoms with Gasteiger partial charge in [-0.15, -0.1) is 0 Å². The molecule has 1 aromatic rings. The molecule has 0 aromatic heterocycles. The van der Waals surface area contributed by atoms with Crippen LogP contribution in [0.25, 0.3) is 0 Å². The molecular formula is C12H16F3N3O2. The largest absolute Gasteiger partial charge is 0.401 e. The summed E-state index contributed by atoms with van der Waals surface area (Å²) < 4.78 is 37.5. The van der Waals surface area contributed by atoms with Gasteiger partial charge >= 0.3 is 6.18 Å². The Morgan fingerprint density at radius 2 is 2.00 bits per heavy atom. The number of nitro benzene ring substituents is 1. The molecule has 0 aliphatic heterocycles. The maximum absolute atomic E-state index is 12.5. The number of nitrogens with zero attached hydrogens (tertiary/aromatic N) is 2. The number of halogens is 3. The first-order valence-corrected chi connectivity index (χ1v) is 5.94. The molecule has 0 saturated heterocycles. The highest BCUT2D eigenvalue weighted by atomic mass is 19.4. The summed E-state index contributed by atoms with van der Waals surface area (Å²) in [6.07, 6.45) is -4.33. The lowest BCUT2D eigenvalue weighted by molar-refractivity contribution is -0.384. The van der Waals surface area contributed by atoms with Gasteiger partial charge in [-0.3, -0.25) is 15.0 Å². The number of nitrogen functional groups attached to an aromatic ring is 1. The Bertz CT molecular complexity index is 489. The Hall–Kier alpha value is -1.83. The molecule has 112 valence electrons. The fraction of sp³-hybridized carbons (Fsp3) is 0.500. The lowest BCUT2D eigenvalue weighted by Crippen LogP contribution is -2.38. The zero-order valence-electron chi connectivity index (χ0n) is 11.1. The van der Waals surface area contributed by atoms with Gasteiger partial charge in [-0.2, -0.15) is 13.2 Å². The molecule has 0 bridgehead atoms. The minimum atomic E-state index is -4.33. The lowest BCUT2D eigenvalue weighted by Gasteiger charge is -2.27. The molecule has 0 saturated carbocycles. The molecule has 5 nitrogen and oxygen atoms in total. The molecule has 0 unspecified atom stereocenters. The Kier molecular flexibility index (Phi) is 4.93. The van der Waals surface area contributed by atoms with Crippen LogP contribution in [-0.2, 0) is 6.54 Å². The second-order valence-electron chi connectivity index (χ2n) is 4.72. The fourth-order valence-electron chi connectivity index (χ4n) is 1.77. The zero-order chi connectivity index (χ0) is 15.5. The van der Waals surface area contributed by atoms with Crippen molar-refractivity contribution in [1.82, 2.24) is 4.90 Å². The molecule has 0 amide bonds. The topological polar surface area (TPSA) is 72.4 Å². The molecule has 0 fully saturated rings. The van der Waals surface area contributed by atoms with E-state index in [-0.39, 0.29) is 24.0 Å². The number of hydrogen-bond donors (Lipinski definition) is 1. The van der Waals surface area contributed by atoms with Gasteiger partial charge in [0.25, 0.3) is 5.69 Å². The highest BCUT2D eigenvalue weighted by Crippen LogP contribution is 2.27. The van der Waals surface area contributed by atoms with Crippen LogP contribution in [-0.4, -0.2) is 28.6 Å². The molecule has 0 heterocycles. The number of anilines is 1. The summed E-state index contributed by atoms with van der Waals surface area (Å²) in [5.41, 5.74) is 5.58. The Balaban J connectivity index is 3.00. The van der Waals surface area contributed by atoms with Crippen molar-refractivity contribution in [3.05, 3.63) is 33.9 Å². The van der Waals surface area contributed by atoms with Crippen molar-refractivity contribution in [2.45, 2.75) is 32.6 Å². The molecule has 2 N–H and O–H groups in total. The summed E-state index contributed by atoms with van der Waals surface area (Å²) in [5, 5.41) is 10.8. The Morgan fingerprint density at radius 3 is 2.45 bits per heavy atom. The van der Waals surface area contributed by atoms with E-state index in [2.05, 4.69) is 0 Å². The van der Waals surface area contributed by atoms with E-state index in [1.807, 2.05) is 0 Å². The molecule has 0 radical (unpaired) electrons. The molecular weight excluding hydrogens is 275 g/mol. The summed E-state index contributed by atoms with van der Waals surface area (Å²) >= 11 is 0. The van der Waals surface area contributed by atoms with Gasteiger partial charge in [0.05, 0.1) is 11.5 Å². The van der Waals surface area contributed by atoms with E-state index in [1.165, 1.54) is 18.2 Å². The minimum absolute atomic E-state index is 0.0923. The van der Waals surface area contributed by atoms with Crippen molar-refractivity contribution in [3.8, 4) is 0 Å². The van der Waals surface area contributed by atoms with Crippen LogP contribution in [0.1, 0.15) is 19.4 Å². The first-order valence-electron chi connectivity index (χ1n) is 5.94. The number of alkyl halides is 3. The summed E-state index contributed by atoms with van der Waals surface area (Å²) in [6.45, 7) is 2.07. The van der Waals surface area contributed by atoms with Crippen molar-refractivity contribution < 1.29 is 18.1 Å². The fourth-order valence-corrected chi connectivity index (χ4v) is 1.77. The summed E-state index contributed by atoms with van der Waals surface area (Å²) in [6, 6.07) is 3.77. The predicted octanol–water partition coefficient (Wildman–Crippen LogP) is 2.95. The normalized spacial score (nSPS) is 12.2. The van der Waals surface area contributed by atoms with Crippen LogP contribution in [0.2, 0.25) is 0 Å². The number of nitro groups is 1. The van der Waals surface area contributed by atoms with E-state index in [9.17, 15) is 23.3 Å². The molecule has 0 atom stereocenters. The quantitative estimate of drug-likeness (QED) is 0.514. The van der Waals surface area contributed by atoms with Gasteiger partial charge in [-0.25, -0.2) is 0 Å². The second kappa shape index (κ2) is 6.08. The zero-order valence-corrected chi connectivity index (χ0v) is 11.1. The van der Waals surface area contributed by atoms with Gasteiger partial charge in [0.1, 0.15) is 5.69 Å². The standard InChI is InChI=1S/C12H16F3N3O2/c1-8(2)17(7-12(13,14)15)6-9-4-3-5-10(11(9)16)18(19)20/h3-5,8H,6-7,16H2,1-2H3. The number of rotatable bonds is 5. The van der Waals surface area contributed by atoms with E-state index in [0.29, 0.717) is 5.56 Å². The van der Waals surface area contributed by atoms with Gasteiger partial charge < -0.3 is 5.73 Å². The third-order valence-corrected chi connectivity index (χ3v) is 2.86. The second-order valence-corrected chi connectivity index (χ2v) is 4.72. The van der Waals surface area contributed by atoms with E-state index >= 15 is 0 Å². The summed E-state index contributed by atoms with van der Waals surface area (Å²) in [7, 11) is 0. The maximum atomic E-state index is 12.5. The third kappa shape index (κ3) is 4.37. The van der Waals surface area contributed by atoms with Crippen molar-refractivity contribution in [2.24, 2.45) is 0 Å². The van der Waals surface area contributed by atoms with Gasteiger partial charge in [0, 0.05) is 18.7 Å². The van der Waals surface area contributed by atoms with Crippen molar-refractivity contribution >= 4 is 11.4 Å². The minimum Gasteiger partial charge on any atom is -0.393 e. The number of para-hydroxylation sites is 1. The first-order chi connectivity index (χ1) is 9.11. The smallest absolute Gasteiger partial charge is 0.393 e. The summed E-state index contributed by atoms with van der Waals surface area (Å²) in [5.74, 6) is 0. The molecule has 1 rings (SSSR count). The monoisotopic (exact) mass is 291 g/mol. The average molecular weight is 291 g/mol. The molecule has 8 heteroatoms. The van der Waals surface area contributed by atoms with Crippen LogP contribution in [0.15, 0.2) is 18.2 Å². The third-order valence-electron chi connectivity index (χ3n) is 2.86. The molecule has 1 aromatic carbocycles. The summed E-state index contributed by atoms with van der Waals surface area (Å²) in [4.78, 5) is 11.3. The van der Waals surface area contributed by atoms with Crippen LogP contribution in [0.4, 0.5) is 24.5 Å². The van der Waals surface area contributed by atoms with Gasteiger partial charge in [0.2, 0.25) is 0 Å².